The van der Waals surface area contributed by atoms with Crippen molar-refractivity contribution in [2.45, 2.75) is 5.51 Å². The molecule has 0 saturated carbocycles. The van der Waals surface area contributed by atoms with Gasteiger partial charge in [0.05, 0.1) is 0 Å². The molecule has 0 aliphatic rings. The highest BCUT2D eigenvalue weighted by Crippen LogP contribution is 2.27. The third kappa shape index (κ3) is 2.75. The number of benzene rings is 1. The minimum Gasteiger partial charge on any atom is -0.268 e. The lowest BCUT2D eigenvalue weighted by atomic mass is 10.2. The number of alkyl halides is 3. The lowest BCUT2D eigenvalue weighted by molar-refractivity contribution is -0.0477. The van der Waals surface area contributed by atoms with Gasteiger partial charge in [-0.1, -0.05) is 17.7 Å². The fourth-order valence-corrected chi connectivity index (χ4v) is 1.89. The Balaban J connectivity index is 3.14. The molecule has 4 nitrogen and oxygen atoms in total. The van der Waals surface area contributed by atoms with Crippen LogP contribution in [0.3, 0.4) is 0 Å². The Morgan fingerprint density at radius 3 is 2.33 bits per heavy atom. The SMILES string of the molecule is CN(C(=O)c1cccc(Cl)c1)S(=O)(=O)C(F)(F)F. The minimum absolute atomic E-state index is 0.110. The van der Waals surface area contributed by atoms with Crippen LogP contribution in [0.5, 0.6) is 0 Å². The molecule has 1 rings (SSSR count). The summed E-state index contributed by atoms with van der Waals surface area (Å²) in [5.41, 5.74) is -5.78. The van der Waals surface area contributed by atoms with Gasteiger partial charge >= 0.3 is 15.5 Å². The van der Waals surface area contributed by atoms with Crippen LogP contribution in [0.25, 0.3) is 0 Å². The van der Waals surface area contributed by atoms with Gasteiger partial charge in [-0.15, -0.1) is 0 Å². The first kappa shape index (κ1) is 14.8. The van der Waals surface area contributed by atoms with E-state index < -0.39 is 21.4 Å². The zero-order valence-corrected chi connectivity index (χ0v) is 10.5. The molecule has 0 fully saturated rings. The number of nitrogens with zero attached hydrogens (tertiary/aromatic N) is 1. The smallest absolute Gasteiger partial charge is 0.268 e. The molecule has 0 spiro atoms. The average Bonchev–Trinajstić information content (AvgIpc) is 2.25. The fraction of sp³-hybridized carbons (Fsp3) is 0.222. The van der Waals surface area contributed by atoms with Crippen molar-refractivity contribution in [2.75, 3.05) is 7.05 Å². The molecule has 1 aromatic carbocycles. The second kappa shape index (κ2) is 4.77. The van der Waals surface area contributed by atoms with Crippen molar-refractivity contribution in [2.24, 2.45) is 0 Å². The monoisotopic (exact) mass is 301 g/mol. The molecule has 0 aliphatic heterocycles. The first-order valence-corrected chi connectivity index (χ1v) is 6.24. The van der Waals surface area contributed by atoms with Gasteiger partial charge in [-0.2, -0.15) is 21.6 Å². The van der Waals surface area contributed by atoms with Gasteiger partial charge in [-0.3, -0.25) is 4.79 Å². The third-order valence-corrected chi connectivity index (χ3v) is 3.72. The van der Waals surface area contributed by atoms with Gasteiger partial charge < -0.3 is 0 Å². The average molecular weight is 302 g/mol. The summed E-state index contributed by atoms with van der Waals surface area (Å²) in [5.74, 6) is -1.31. The topological polar surface area (TPSA) is 54.5 Å². The van der Waals surface area contributed by atoms with E-state index in [1.54, 1.807) is 0 Å². The van der Waals surface area contributed by atoms with Crippen molar-refractivity contribution in [1.29, 1.82) is 0 Å². The standard InChI is InChI=1S/C9H7ClF3NO3S/c1-14(18(16,17)9(11,12)13)8(15)6-3-2-4-7(10)5-6/h2-5H,1H3. The van der Waals surface area contributed by atoms with Gasteiger partial charge in [0, 0.05) is 17.6 Å². The normalized spacial score (nSPS) is 12.3. The maximum Gasteiger partial charge on any atom is 0.516 e. The molecule has 18 heavy (non-hydrogen) atoms. The molecular weight excluding hydrogens is 295 g/mol. The molecular formula is C9H7ClF3NO3S. The highest BCUT2D eigenvalue weighted by atomic mass is 35.5. The Bertz CT molecular complexity index is 571. The zero-order chi connectivity index (χ0) is 14.1. The molecule has 0 radical (unpaired) electrons. The molecule has 0 unspecified atom stereocenters. The largest absolute Gasteiger partial charge is 0.516 e. The van der Waals surface area contributed by atoms with Gasteiger partial charge in [0.1, 0.15) is 0 Å². The van der Waals surface area contributed by atoms with Crippen LogP contribution < -0.4 is 0 Å². The van der Waals surface area contributed by atoms with Crippen molar-refractivity contribution in [3.63, 3.8) is 0 Å². The predicted octanol–water partition coefficient (Wildman–Crippen LogP) is 2.26. The second-order valence-electron chi connectivity index (χ2n) is 3.23. The van der Waals surface area contributed by atoms with E-state index in [0.717, 1.165) is 12.1 Å². The second-order valence-corrected chi connectivity index (χ2v) is 5.63. The zero-order valence-electron chi connectivity index (χ0n) is 8.90. The van der Waals surface area contributed by atoms with Crippen LogP contribution in [0.4, 0.5) is 13.2 Å². The van der Waals surface area contributed by atoms with Gasteiger partial charge in [0.2, 0.25) is 0 Å². The molecule has 100 valence electrons. The van der Waals surface area contributed by atoms with E-state index >= 15 is 0 Å². The number of hydrogen-bond donors (Lipinski definition) is 0. The number of halogens is 4. The summed E-state index contributed by atoms with van der Waals surface area (Å²) < 4.78 is 58.3. The summed E-state index contributed by atoms with van der Waals surface area (Å²) in [4.78, 5) is 11.6. The Morgan fingerprint density at radius 1 is 1.33 bits per heavy atom. The molecule has 1 amide bonds. The van der Waals surface area contributed by atoms with E-state index in [2.05, 4.69) is 0 Å². The molecule has 0 atom stereocenters. The lowest BCUT2D eigenvalue weighted by Gasteiger charge is -2.18. The van der Waals surface area contributed by atoms with Crippen molar-refractivity contribution >= 4 is 27.5 Å². The molecule has 0 N–H and O–H groups in total. The van der Waals surface area contributed by atoms with E-state index in [1.165, 1.54) is 12.1 Å². The van der Waals surface area contributed by atoms with Crippen molar-refractivity contribution in [3.8, 4) is 0 Å². The molecule has 0 bridgehead atoms. The van der Waals surface area contributed by atoms with E-state index in [0.29, 0.717) is 7.05 Å². The molecule has 0 aromatic heterocycles. The third-order valence-electron chi connectivity index (χ3n) is 2.01. The van der Waals surface area contributed by atoms with Crippen LogP contribution in [-0.4, -0.2) is 31.2 Å². The van der Waals surface area contributed by atoms with Gasteiger partial charge in [0.25, 0.3) is 5.91 Å². The summed E-state index contributed by atoms with van der Waals surface area (Å²) in [5, 5.41) is 0.110. The quantitative estimate of drug-likeness (QED) is 0.842. The number of carbonyl (C=O) groups is 1. The molecule has 9 heteroatoms. The highest BCUT2D eigenvalue weighted by molar-refractivity contribution is 7.90. The predicted molar refractivity (Wildman–Crippen MR) is 58.5 cm³/mol. The number of amides is 1. The van der Waals surface area contributed by atoms with Crippen LogP contribution in [0, 0.1) is 0 Å². The van der Waals surface area contributed by atoms with Crippen molar-refractivity contribution in [1.82, 2.24) is 4.31 Å². The first-order chi connectivity index (χ1) is 8.07. The summed E-state index contributed by atoms with van der Waals surface area (Å²) in [7, 11) is -5.16. The van der Waals surface area contributed by atoms with Crippen LogP contribution in [0.2, 0.25) is 5.02 Å². The fourth-order valence-electron chi connectivity index (χ4n) is 1.07. The molecule has 0 aliphatic carbocycles. The number of sulfonamides is 1. The highest BCUT2D eigenvalue weighted by Gasteiger charge is 2.50. The summed E-state index contributed by atoms with van der Waals surface area (Å²) in [6.45, 7) is 0. The summed E-state index contributed by atoms with van der Waals surface area (Å²) in [6.07, 6.45) is 0. The van der Waals surface area contributed by atoms with Gasteiger partial charge in [0.15, 0.2) is 0 Å². The van der Waals surface area contributed by atoms with E-state index in [-0.39, 0.29) is 14.9 Å². The lowest BCUT2D eigenvalue weighted by Crippen LogP contribution is -2.41. The van der Waals surface area contributed by atoms with Crippen LogP contribution in [0.15, 0.2) is 24.3 Å². The number of rotatable bonds is 2. The molecule has 0 saturated heterocycles. The Hall–Kier alpha value is -1.28. The number of carbonyl (C=O) groups excluding carboxylic acids is 1. The van der Waals surface area contributed by atoms with Crippen molar-refractivity contribution in [3.05, 3.63) is 34.9 Å². The van der Waals surface area contributed by atoms with E-state index in [9.17, 15) is 26.4 Å². The van der Waals surface area contributed by atoms with Crippen LogP contribution >= 0.6 is 11.6 Å². The molecule has 0 heterocycles. The Labute approximate surface area is 106 Å². The number of hydrogen-bond acceptors (Lipinski definition) is 3. The van der Waals surface area contributed by atoms with Gasteiger partial charge in [-0.05, 0) is 18.2 Å². The van der Waals surface area contributed by atoms with Gasteiger partial charge in [-0.25, -0.2) is 4.31 Å². The Morgan fingerprint density at radius 2 is 1.89 bits per heavy atom. The van der Waals surface area contributed by atoms with E-state index in [1.807, 2.05) is 0 Å². The van der Waals surface area contributed by atoms with Crippen molar-refractivity contribution < 1.29 is 26.4 Å². The maximum absolute atomic E-state index is 12.2. The molecule has 1 aromatic rings. The van der Waals surface area contributed by atoms with E-state index in [4.69, 9.17) is 11.6 Å². The maximum atomic E-state index is 12.2. The minimum atomic E-state index is -5.70. The Kier molecular flexibility index (Phi) is 3.92. The first-order valence-electron chi connectivity index (χ1n) is 4.42. The van der Waals surface area contributed by atoms with Crippen LogP contribution in [0.1, 0.15) is 10.4 Å². The summed E-state index contributed by atoms with van der Waals surface area (Å²) in [6, 6.07) is 4.96. The summed E-state index contributed by atoms with van der Waals surface area (Å²) >= 11 is 5.56. The van der Waals surface area contributed by atoms with Crippen LogP contribution in [-0.2, 0) is 10.0 Å².